The molecule has 0 aromatic carbocycles. The van der Waals surface area contributed by atoms with E-state index in [9.17, 15) is 4.79 Å². The predicted octanol–water partition coefficient (Wildman–Crippen LogP) is 1.31. The Labute approximate surface area is 97.3 Å². The van der Waals surface area contributed by atoms with Gasteiger partial charge in [-0.05, 0) is 19.8 Å². The standard InChI is InChI=1S/C11H12N4O2/c1-6-4-9-13-8(11(16)17)5-10(15(9)14-6)12-7-2-3-7/h4-5,7,12H,2-3H2,1H3,(H,16,17). The Morgan fingerprint density at radius 1 is 1.53 bits per heavy atom. The Morgan fingerprint density at radius 3 is 2.94 bits per heavy atom. The lowest BCUT2D eigenvalue weighted by Gasteiger charge is -2.07. The highest BCUT2D eigenvalue weighted by Crippen LogP contribution is 2.25. The predicted molar refractivity (Wildman–Crippen MR) is 61.3 cm³/mol. The summed E-state index contributed by atoms with van der Waals surface area (Å²) in [6.45, 7) is 1.86. The van der Waals surface area contributed by atoms with E-state index in [1.807, 2.05) is 6.92 Å². The summed E-state index contributed by atoms with van der Waals surface area (Å²) < 4.78 is 1.65. The minimum absolute atomic E-state index is 0.0422. The molecule has 2 heterocycles. The average molecular weight is 232 g/mol. The van der Waals surface area contributed by atoms with Crippen LogP contribution in [0.5, 0.6) is 0 Å². The summed E-state index contributed by atoms with van der Waals surface area (Å²) >= 11 is 0. The van der Waals surface area contributed by atoms with Crippen LogP contribution in [0.3, 0.4) is 0 Å². The average Bonchev–Trinajstić information content (AvgIpc) is 2.98. The van der Waals surface area contributed by atoms with E-state index in [0.717, 1.165) is 18.5 Å². The summed E-state index contributed by atoms with van der Waals surface area (Å²) in [5.41, 5.74) is 1.42. The largest absolute Gasteiger partial charge is 0.477 e. The van der Waals surface area contributed by atoms with Crippen molar-refractivity contribution in [2.75, 3.05) is 5.32 Å². The van der Waals surface area contributed by atoms with Gasteiger partial charge in [0.1, 0.15) is 5.82 Å². The third kappa shape index (κ3) is 1.82. The first-order chi connectivity index (χ1) is 8.13. The number of fused-ring (bicyclic) bond motifs is 1. The molecule has 0 bridgehead atoms. The van der Waals surface area contributed by atoms with Crippen LogP contribution in [0.1, 0.15) is 29.0 Å². The monoisotopic (exact) mass is 232 g/mol. The third-order valence-electron chi connectivity index (χ3n) is 2.70. The molecule has 0 unspecified atom stereocenters. The molecule has 2 N–H and O–H groups in total. The highest BCUT2D eigenvalue weighted by Gasteiger charge is 2.23. The Balaban J connectivity index is 2.16. The zero-order valence-electron chi connectivity index (χ0n) is 9.34. The van der Waals surface area contributed by atoms with Crippen LogP contribution >= 0.6 is 0 Å². The van der Waals surface area contributed by atoms with E-state index in [2.05, 4.69) is 15.4 Å². The second kappa shape index (κ2) is 3.44. The Morgan fingerprint density at radius 2 is 2.29 bits per heavy atom. The third-order valence-corrected chi connectivity index (χ3v) is 2.70. The molecule has 0 saturated heterocycles. The first-order valence-corrected chi connectivity index (χ1v) is 5.51. The van der Waals surface area contributed by atoms with Gasteiger partial charge in [-0.1, -0.05) is 0 Å². The fourth-order valence-corrected chi connectivity index (χ4v) is 1.74. The quantitative estimate of drug-likeness (QED) is 0.834. The second-order valence-electron chi connectivity index (χ2n) is 4.31. The molecule has 3 rings (SSSR count). The van der Waals surface area contributed by atoms with Gasteiger partial charge in [0.15, 0.2) is 11.3 Å². The highest BCUT2D eigenvalue weighted by molar-refractivity contribution is 5.87. The molecule has 0 spiro atoms. The van der Waals surface area contributed by atoms with E-state index < -0.39 is 5.97 Å². The fourth-order valence-electron chi connectivity index (χ4n) is 1.74. The molecule has 0 amide bonds. The summed E-state index contributed by atoms with van der Waals surface area (Å²) in [7, 11) is 0. The van der Waals surface area contributed by atoms with Crippen molar-refractivity contribution in [1.29, 1.82) is 0 Å². The number of carbonyl (C=O) groups is 1. The van der Waals surface area contributed by atoms with Crippen molar-refractivity contribution in [3.8, 4) is 0 Å². The summed E-state index contributed by atoms with van der Waals surface area (Å²) in [5, 5.41) is 16.6. The van der Waals surface area contributed by atoms with Crippen LogP contribution in [0, 0.1) is 6.92 Å². The first kappa shape index (κ1) is 10.1. The lowest BCUT2D eigenvalue weighted by molar-refractivity contribution is 0.0690. The molecule has 1 fully saturated rings. The van der Waals surface area contributed by atoms with Crippen molar-refractivity contribution in [2.45, 2.75) is 25.8 Å². The van der Waals surface area contributed by atoms with Crippen LogP contribution in [0.2, 0.25) is 0 Å². The maximum atomic E-state index is 11.0. The molecule has 1 saturated carbocycles. The molecular weight excluding hydrogens is 220 g/mol. The number of anilines is 1. The molecule has 88 valence electrons. The number of aromatic carboxylic acids is 1. The van der Waals surface area contributed by atoms with E-state index >= 15 is 0 Å². The number of rotatable bonds is 3. The smallest absolute Gasteiger partial charge is 0.354 e. The normalized spacial score (nSPS) is 15.1. The lowest BCUT2D eigenvalue weighted by Crippen LogP contribution is -2.11. The van der Waals surface area contributed by atoms with E-state index in [-0.39, 0.29) is 5.69 Å². The maximum Gasteiger partial charge on any atom is 0.354 e. The lowest BCUT2D eigenvalue weighted by atomic mass is 10.3. The van der Waals surface area contributed by atoms with E-state index in [4.69, 9.17) is 5.11 Å². The van der Waals surface area contributed by atoms with Crippen LogP contribution < -0.4 is 5.32 Å². The highest BCUT2D eigenvalue weighted by atomic mass is 16.4. The van der Waals surface area contributed by atoms with Gasteiger partial charge in [0.25, 0.3) is 0 Å². The topological polar surface area (TPSA) is 79.5 Å². The van der Waals surface area contributed by atoms with Gasteiger partial charge in [-0.2, -0.15) is 9.61 Å². The van der Waals surface area contributed by atoms with Crippen LogP contribution in [-0.4, -0.2) is 31.7 Å². The molecular formula is C11H12N4O2. The minimum atomic E-state index is -1.02. The summed E-state index contributed by atoms with van der Waals surface area (Å²) in [6, 6.07) is 3.73. The number of carboxylic acids is 1. The molecule has 17 heavy (non-hydrogen) atoms. The molecule has 0 atom stereocenters. The number of hydrogen-bond acceptors (Lipinski definition) is 4. The summed E-state index contributed by atoms with van der Waals surface area (Å²) in [4.78, 5) is 15.0. The van der Waals surface area contributed by atoms with Gasteiger partial charge in [0.2, 0.25) is 0 Å². The number of aromatic nitrogens is 3. The van der Waals surface area contributed by atoms with Gasteiger partial charge in [-0.25, -0.2) is 9.78 Å². The van der Waals surface area contributed by atoms with E-state index in [0.29, 0.717) is 17.5 Å². The minimum Gasteiger partial charge on any atom is -0.477 e. The zero-order chi connectivity index (χ0) is 12.0. The molecule has 1 aliphatic carbocycles. The van der Waals surface area contributed by atoms with Crippen molar-refractivity contribution in [2.24, 2.45) is 0 Å². The van der Waals surface area contributed by atoms with Gasteiger partial charge < -0.3 is 10.4 Å². The van der Waals surface area contributed by atoms with Crippen LogP contribution in [0.4, 0.5) is 5.82 Å². The maximum absolute atomic E-state index is 11.0. The molecule has 0 radical (unpaired) electrons. The van der Waals surface area contributed by atoms with Crippen molar-refractivity contribution in [3.05, 3.63) is 23.5 Å². The molecule has 1 aliphatic rings. The van der Waals surface area contributed by atoms with Gasteiger partial charge in [0, 0.05) is 18.2 Å². The van der Waals surface area contributed by atoms with Gasteiger partial charge in [-0.3, -0.25) is 0 Å². The van der Waals surface area contributed by atoms with Crippen molar-refractivity contribution in [3.63, 3.8) is 0 Å². The van der Waals surface area contributed by atoms with Crippen LogP contribution in [0.25, 0.3) is 5.65 Å². The number of carboxylic acid groups (broad SMARTS) is 1. The van der Waals surface area contributed by atoms with Crippen LogP contribution in [-0.2, 0) is 0 Å². The molecule has 0 aliphatic heterocycles. The second-order valence-corrected chi connectivity index (χ2v) is 4.31. The van der Waals surface area contributed by atoms with Gasteiger partial charge >= 0.3 is 5.97 Å². The van der Waals surface area contributed by atoms with Crippen LogP contribution in [0.15, 0.2) is 12.1 Å². The van der Waals surface area contributed by atoms with Gasteiger partial charge in [0.05, 0.1) is 5.69 Å². The van der Waals surface area contributed by atoms with Gasteiger partial charge in [-0.15, -0.1) is 0 Å². The fraction of sp³-hybridized carbons (Fsp3) is 0.364. The Bertz CT molecular complexity index is 601. The number of aryl methyl sites for hydroxylation is 1. The Hall–Kier alpha value is -2.11. The SMILES string of the molecule is Cc1cc2nc(C(=O)O)cc(NC3CC3)n2n1. The molecule has 2 aromatic heterocycles. The Kier molecular flexibility index (Phi) is 2.04. The summed E-state index contributed by atoms with van der Waals surface area (Å²) in [5.74, 6) is -0.326. The molecule has 6 heteroatoms. The van der Waals surface area contributed by atoms with Crippen molar-refractivity contribution >= 4 is 17.4 Å². The number of nitrogens with one attached hydrogen (secondary N) is 1. The molecule has 2 aromatic rings. The zero-order valence-corrected chi connectivity index (χ0v) is 9.34. The summed E-state index contributed by atoms with van der Waals surface area (Å²) in [6.07, 6.45) is 2.24. The molecule has 6 nitrogen and oxygen atoms in total. The van der Waals surface area contributed by atoms with E-state index in [1.165, 1.54) is 6.07 Å². The van der Waals surface area contributed by atoms with Crippen molar-refractivity contribution in [1.82, 2.24) is 14.6 Å². The van der Waals surface area contributed by atoms with Crippen molar-refractivity contribution < 1.29 is 9.90 Å². The number of hydrogen-bond donors (Lipinski definition) is 2. The van der Waals surface area contributed by atoms with E-state index in [1.54, 1.807) is 10.6 Å². The first-order valence-electron chi connectivity index (χ1n) is 5.51. The number of nitrogens with zero attached hydrogens (tertiary/aromatic N) is 3.